The van der Waals surface area contributed by atoms with Crippen LogP contribution in [-0.4, -0.2) is 12.5 Å². The summed E-state index contributed by atoms with van der Waals surface area (Å²) >= 11 is 0. The lowest BCUT2D eigenvalue weighted by Gasteiger charge is -2.08. The molecule has 3 nitrogen and oxygen atoms in total. The summed E-state index contributed by atoms with van der Waals surface area (Å²) in [4.78, 5) is 11.6. The van der Waals surface area contributed by atoms with Crippen molar-refractivity contribution in [2.45, 2.75) is 26.7 Å². The Morgan fingerprint density at radius 1 is 1.47 bits per heavy atom. The molecule has 0 saturated carbocycles. The topological polar surface area (TPSA) is 55.1 Å². The standard InChI is InChI=1S/C14H18N2O/c1-3-5-14(17)16-13-10-11(2)7-8-12(13)6-4-9-15/h7-8,10H,3,5,9,15H2,1-2H3,(H,16,17). The van der Waals surface area contributed by atoms with Gasteiger partial charge in [0.25, 0.3) is 0 Å². The van der Waals surface area contributed by atoms with E-state index in [2.05, 4.69) is 17.2 Å². The van der Waals surface area contributed by atoms with Crippen molar-refractivity contribution in [2.75, 3.05) is 11.9 Å². The molecule has 0 aliphatic heterocycles. The number of aryl methyl sites for hydroxylation is 1. The van der Waals surface area contributed by atoms with Gasteiger partial charge in [-0.05, 0) is 31.0 Å². The number of nitrogens with two attached hydrogens (primary N) is 1. The summed E-state index contributed by atoms with van der Waals surface area (Å²) in [7, 11) is 0. The molecule has 0 heterocycles. The molecule has 0 spiro atoms. The van der Waals surface area contributed by atoms with Crippen molar-refractivity contribution < 1.29 is 4.79 Å². The minimum absolute atomic E-state index is 0.0221. The van der Waals surface area contributed by atoms with Crippen LogP contribution in [0, 0.1) is 18.8 Å². The van der Waals surface area contributed by atoms with Crippen LogP contribution in [0.2, 0.25) is 0 Å². The minimum atomic E-state index is 0.0221. The Morgan fingerprint density at radius 2 is 2.24 bits per heavy atom. The fraction of sp³-hybridized carbons (Fsp3) is 0.357. The monoisotopic (exact) mass is 230 g/mol. The van der Waals surface area contributed by atoms with E-state index in [4.69, 9.17) is 5.73 Å². The smallest absolute Gasteiger partial charge is 0.224 e. The molecule has 1 rings (SSSR count). The zero-order valence-corrected chi connectivity index (χ0v) is 10.3. The lowest BCUT2D eigenvalue weighted by atomic mass is 10.1. The molecule has 0 aromatic heterocycles. The number of rotatable bonds is 3. The molecular weight excluding hydrogens is 212 g/mol. The number of hydrogen-bond acceptors (Lipinski definition) is 2. The second-order valence-electron chi connectivity index (χ2n) is 3.85. The summed E-state index contributed by atoms with van der Waals surface area (Å²) < 4.78 is 0. The molecule has 1 aromatic carbocycles. The normalized spacial score (nSPS) is 9.35. The Bertz CT molecular complexity index is 455. The van der Waals surface area contributed by atoms with Gasteiger partial charge in [-0.2, -0.15) is 0 Å². The average molecular weight is 230 g/mol. The fourth-order valence-electron chi connectivity index (χ4n) is 1.46. The van der Waals surface area contributed by atoms with Gasteiger partial charge >= 0.3 is 0 Å². The lowest BCUT2D eigenvalue weighted by molar-refractivity contribution is -0.116. The zero-order chi connectivity index (χ0) is 12.7. The van der Waals surface area contributed by atoms with Crippen LogP contribution < -0.4 is 11.1 Å². The van der Waals surface area contributed by atoms with Gasteiger partial charge in [0.05, 0.1) is 12.2 Å². The van der Waals surface area contributed by atoms with E-state index in [1.54, 1.807) is 0 Å². The van der Waals surface area contributed by atoms with Gasteiger partial charge in [-0.1, -0.05) is 24.8 Å². The molecule has 0 fully saturated rings. The van der Waals surface area contributed by atoms with Gasteiger partial charge in [0, 0.05) is 12.0 Å². The second kappa shape index (κ2) is 6.72. The van der Waals surface area contributed by atoms with Crippen molar-refractivity contribution in [3.63, 3.8) is 0 Å². The number of hydrogen-bond donors (Lipinski definition) is 2. The first-order valence-corrected chi connectivity index (χ1v) is 5.76. The SMILES string of the molecule is CCCC(=O)Nc1cc(C)ccc1C#CCN. The quantitative estimate of drug-likeness (QED) is 0.781. The van der Waals surface area contributed by atoms with Crippen LogP contribution in [0.1, 0.15) is 30.9 Å². The Hall–Kier alpha value is -1.79. The van der Waals surface area contributed by atoms with Gasteiger partial charge in [0.2, 0.25) is 5.91 Å². The highest BCUT2D eigenvalue weighted by molar-refractivity contribution is 5.92. The highest BCUT2D eigenvalue weighted by atomic mass is 16.1. The Balaban J connectivity index is 2.94. The summed E-state index contributed by atoms with van der Waals surface area (Å²) in [5, 5.41) is 2.88. The first kappa shape index (κ1) is 13.3. The first-order chi connectivity index (χ1) is 8.17. The third kappa shape index (κ3) is 4.29. The molecule has 0 saturated heterocycles. The predicted octanol–water partition coefficient (Wildman–Crippen LogP) is 2.04. The van der Waals surface area contributed by atoms with E-state index in [0.29, 0.717) is 13.0 Å². The minimum Gasteiger partial charge on any atom is -0.325 e. The number of carbonyl (C=O) groups is 1. The molecule has 17 heavy (non-hydrogen) atoms. The molecule has 0 bridgehead atoms. The van der Waals surface area contributed by atoms with Crippen molar-refractivity contribution in [2.24, 2.45) is 5.73 Å². The molecule has 0 aliphatic rings. The van der Waals surface area contributed by atoms with Crippen molar-refractivity contribution in [1.82, 2.24) is 0 Å². The molecule has 0 atom stereocenters. The van der Waals surface area contributed by atoms with Crippen LogP contribution in [0.5, 0.6) is 0 Å². The number of anilines is 1. The highest BCUT2D eigenvalue weighted by Gasteiger charge is 2.04. The third-order valence-electron chi connectivity index (χ3n) is 2.25. The van der Waals surface area contributed by atoms with Gasteiger partial charge in [-0.3, -0.25) is 4.79 Å². The van der Waals surface area contributed by atoms with E-state index in [0.717, 1.165) is 23.2 Å². The van der Waals surface area contributed by atoms with E-state index >= 15 is 0 Å². The summed E-state index contributed by atoms with van der Waals surface area (Å²) in [5.41, 5.74) is 8.02. The Labute approximate surface area is 102 Å². The van der Waals surface area contributed by atoms with Gasteiger partial charge < -0.3 is 11.1 Å². The number of amides is 1. The number of carbonyl (C=O) groups excluding carboxylic acids is 1. The molecule has 0 unspecified atom stereocenters. The van der Waals surface area contributed by atoms with E-state index in [1.807, 2.05) is 32.0 Å². The van der Waals surface area contributed by atoms with E-state index in [9.17, 15) is 4.79 Å². The number of nitrogens with one attached hydrogen (secondary N) is 1. The lowest BCUT2D eigenvalue weighted by Crippen LogP contribution is -2.11. The van der Waals surface area contributed by atoms with E-state index in [1.165, 1.54) is 0 Å². The van der Waals surface area contributed by atoms with Crippen LogP contribution in [0.15, 0.2) is 18.2 Å². The zero-order valence-electron chi connectivity index (χ0n) is 10.3. The summed E-state index contributed by atoms with van der Waals surface area (Å²) in [6, 6.07) is 5.80. The molecule has 0 radical (unpaired) electrons. The number of benzene rings is 1. The predicted molar refractivity (Wildman–Crippen MR) is 70.6 cm³/mol. The maximum atomic E-state index is 11.6. The highest BCUT2D eigenvalue weighted by Crippen LogP contribution is 2.17. The molecule has 1 amide bonds. The molecule has 3 heteroatoms. The van der Waals surface area contributed by atoms with Gasteiger partial charge in [0.1, 0.15) is 0 Å². The van der Waals surface area contributed by atoms with Crippen molar-refractivity contribution in [3.8, 4) is 11.8 Å². The Kier molecular flexibility index (Phi) is 5.25. The average Bonchev–Trinajstić information content (AvgIpc) is 2.28. The fourth-order valence-corrected chi connectivity index (χ4v) is 1.46. The summed E-state index contributed by atoms with van der Waals surface area (Å²) in [5.74, 6) is 5.78. The largest absolute Gasteiger partial charge is 0.325 e. The molecule has 90 valence electrons. The molecular formula is C14H18N2O. The second-order valence-corrected chi connectivity index (χ2v) is 3.85. The van der Waals surface area contributed by atoms with Crippen LogP contribution >= 0.6 is 0 Å². The van der Waals surface area contributed by atoms with Crippen LogP contribution in [0.25, 0.3) is 0 Å². The summed E-state index contributed by atoms with van der Waals surface area (Å²) in [6.45, 7) is 4.27. The van der Waals surface area contributed by atoms with Gasteiger partial charge in [-0.15, -0.1) is 0 Å². The van der Waals surface area contributed by atoms with Crippen molar-refractivity contribution in [3.05, 3.63) is 29.3 Å². The van der Waals surface area contributed by atoms with Crippen molar-refractivity contribution >= 4 is 11.6 Å². The van der Waals surface area contributed by atoms with Crippen LogP contribution in [0.3, 0.4) is 0 Å². The molecule has 3 N–H and O–H groups in total. The maximum Gasteiger partial charge on any atom is 0.224 e. The maximum absolute atomic E-state index is 11.6. The molecule has 1 aromatic rings. The van der Waals surface area contributed by atoms with Gasteiger partial charge in [0.15, 0.2) is 0 Å². The van der Waals surface area contributed by atoms with Crippen LogP contribution in [-0.2, 0) is 4.79 Å². The van der Waals surface area contributed by atoms with Crippen LogP contribution in [0.4, 0.5) is 5.69 Å². The first-order valence-electron chi connectivity index (χ1n) is 5.76. The van der Waals surface area contributed by atoms with Crippen molar-refractivity contribution in [1.29, 1.82) is 0 Å². The third-order valence-corrected chi connectivity index (χ3v) is 2.25. The summed E-state index contributed by atoms with van der Waals surface area (Å²) in [6.07, 6.45) is 1.36. The molecule has 0 aliphatic carbocycles. The van der Waals surface area contributed by atoms with Gasteiger partial charge in [-0.25, -0.2) is 0 Å². The van der Waals surface area contributed by atoms with E-state index < -0.39 is 0 Å². The Morgan fingerprint density at radius 3 is 2.88 bits per heavy atom. The van der Waals surface area contributed by atoms with E-state index in [-0.39, 0.29) is 5.91 Å².